The Labute approximate surface area is 108 Å². The molecular formula is C12H13N3S2. The number of rotatable bonds is 1. The molecule has 3 nitrogen and oxygen atoms in total. The van der Waals surface area contributed by atoms with Gasteiger partial charge in [-0.15, -0.1) is 11.3 Å². The third-order valence-corrected chi connectivity index (χ3v) is 4.41. The van der Waals surface area contributed by atoms with Crippen LogP contribution < -0.4 is 5.32 Å². The average molecular weight is 263 g/mol. The van der Waals surface area contributed by atoms with E-state index in [4.69, 9.17) is 0 Å². The monoisotopic (exact) mass is 263 g/mol. The molecule has 1 aliphatic heterocycles. The van der Waals surface area contributed by atoms with Gasteiger partial charge >= 0.3 is 0 Å². The van der Waals surface area contributed by atoms with Crippen molar-refractivity contribution < 1.29 is 0 Å². The van der Waals surface area contributed by atoms with Crippen molar-refractivity contribution in [2.45, 2.75) is 19.4 Å². The zero-order chi connectivity index (χ0) is 11.7. The first kappa shape index (κ1) is 11.0. The Bertz CT molecular complexity index is 562. The number of fused-ring (bicyclic) bond motifs is 1. The number of nitrogens with one attached hydrogen (secondary N) is 1. The first-order valence-corrected chi connectivity index (χ1v) is 7.49. The molecule has 0 spiro atoms. The molecule has 0 saturated heterocycles. The number of benzene rings is 1. The molecule has 1 aromatic heterocycles. The van der Waals surface area contributed by atoms with Gasteiger partial charge in [-0.2, -0.15) is 0 Å². The van der Waals surface area contributed by atoms with E-state index in [9.17, 15) is 0 Å². The maximum Gasteiger partial charge on any atom is 0.161 e. The number of hydrogen-bond acceptors (Lipinski definition) is 5. The van der Waals surface area contributed by atoms with E-state index in [1.807, 2.05) is 11.6 Å². The Morgan fingerprint density at radius 2 is 2.35 bits per heavy atom. The standard InChI is InChI=1S/C12H13N3S2/c1-8-4-5-16-12(14-8)15-9-2-3-10-11(6-9)17-7-13-10/h2-3,6-8H,4-5H2,1H3,(H,14,15). The van der Waals surface area contributed by atoms with Crippen LogP contribution in [0.15, 0.2) is 28.7 Å². The van der Waals surface area contributed by atoms with Gasteiger partial charge in [0.15, 0.2) is 5.17 Å². The highest BCUT2D eigenvalue weighted by atomic mass is 32.2. The van der Waals surface area contributed by atoms with E-state index in [1.165, 1.54) is 11.1 Å². The highest BCUT2D eigenvalue weighted by Crippen LogP contribution is 2.24. The van der Waals surface area contributed by atoms with E-state index in [-0.39, 0.29) is 0 Å². The third-order valence-electron chi connectivity index (χ3n) is 2.69. The molecule has 0 fully saturated rings. The molecule has 0 radical (unpaired) electrons. The van der Waals surface area contributed by atoms with Crippen LogP contribution in [0, 0.1) is 0 Å². The minimum absolute atomic E-state index is 0.436. The van der Waals surface area contributed by atoms with Gasteiger partial charge in [0.05, 0.1) is 21.8 Å². The smallest absolute Gasteiger partial charge is 0.161 e. The molecule has 17 heavy (non-hydrogen) atoms. The van der Waals surface area contributed by atoms with Gasteiger partial charge in [0.2, 0.25) is 0 Å². The molecule has 1 aliphatic rings. The van der Waals surface area contributed by atoms with E-state index in [1.54, 1.807) is 23.1 Å². The largest absolute Gasteiger partial charge is 0.335 e. The lowest BCUT2D eigenvalue weighted by Gasteiger charge is -2.17. The number of aliphatic imine (C=N–C) groups is 1. The molecule has 0 saturated carbocycles. The van der Waals surface area contributed by atoms with Crippen LogP contribution in [0.4, 0.5) is 5.69 Å². The minimum Gasteiger partial charge on any atom is -0.335 e. The second kappa shape index (κ2) is 4.66. The summed E-state index contributed by atoms with van der Waals surface area (Å²) in [6.07, 6.45) is 1.17. The van der Waals surface area contributed by atoms with Crippen molar-refractivity contribution in [2.24, 2.45) is 4.99 Å². The molecule has 2 aromatic rings. The lowest BCUT2D eigenvalue weighted by Crippen LogP contribution is -2.17. The lowest BCUT2D eigenvalue weighted by atomic mass is 10.3. The minimum atomic E-state index is 0.436. The second-order valence-electron chi connectivity index (χ2n) is 4.08. The molecule has 1 N–H and O–H groups in total. The number of hydrogen-bond donors (Lipinski definition) is 1. The van der Waals surface area contributed by atoms with Crippen LogP contribution in [0.1, 0.15) is 13.3 Å². The SMILES string of the molecule is CC1CCSC(Nc2ccc3ncsc3c2)=N1. The van der Waals surface area contributed by atoms with Crippen molar-refractivity contribution in [3.8, 4) is 0 Å². The van der Waals surface area contributed by atoms with Gasteiger partial charge in [-0.25, -0.2) is 4.98 Å². The van der Waals surface area contributed by atoms with Gasteiger partial charge in [0, 0.05) is 11.4 Å². The van der Waals surface area contributed by atoms with Gasteiger partial charge < -0.3 is 5.32 Å². The van der Waals surface area contributed by atoms with Crippen LogP contribution in [-0.2, 0) is 0 Å². The number of aromatic nitrogens is 1. The molecule has 88 valence electrons. The van der Waals surface area contributed by atoms with Crippen LogP contribution in [-0.4, -0.2) is 21.9 Å². The van der Waals surface area contributed by atoms with Crippen molar-refractivity contribution in [3.63, 3.8) is 0 Å². The Kier molecular flexibility index (Phi) is 3.03. The molecule has 0 aliphatic carbocycles. The van der Waals surface area contributed by atoms with Crippen molar-refractivity contribution in [1.29, 1.82) is 0 Å². The van der Waals surface area contributed by atoms with Crippen molar-refractivity contribution >= 4 is 44.2 Å². The first-order valence-electron chi connectivity index (χ1n) is 5.62. The molecule has 1 aromatic carbocycles. The topological polar surface area (TPSA) is 37.3 Å². The molecule has 1 atom stereocenters. The summed E-state index contributed by atoms with van der Waals surface area (Å²) in [6, 6.07) is 6.68. The summed E-state index contributed by atoms with van der Waals surface area (Å²) >= 11 is 3.46. The van der Waals surface area contributed by atoms with Crippen LogP contribution in [0.25, 0.3) is 10.2 Å². The maximum atomic E-state index is 4.60. The molecule has 1 unspecified atom stereocenters. The highest BCUT2D eigenvalue weighted by molar-refractivity contribution is 8.14. The Morgan fingerprint density at radius 3 is 3.24 bits per heavy atom. The summed E-state index contributed by atoms with van der Waals surface area (Å²) in [5.74, 6) is 1.15. The van der Waals surface area contributed by atoms with E-state index in [2.05, 4.69) is 34.3 Å². The zero-order valence-electron chi connectivity index (χ0n) is 9.51. The third kappa shape index (κ3) is 2.45. The van der Waals surface area contributed by atoms with Crippen molar-refractivity contribution in [3.05, 3.63) is 23.7 Å². The summed E-state index contributed by atoms with van der Waals surface area (Å²) in [7, 11) is 0. The zero-order valence-corrected chi connectivity index (χ0v) is 11.1. The predicted octanol–water partition coefficient (Wildman–Crippen LogP) is 3.59. The van der Waals surface area contributed by atoms with Crippen LogP contribution in [0.5, 0.6) is 0 Å². The van der Waals surface area contributed by atoms with Gasteiger partial charge in [0.1, 0.15) is 0 Å². The van der Waals surface area contributed by atoms with Crippen LogP contribution in [0.3, 0.4) is 0 Å². The normalized spacial score (nSPS) is 20.3. The fourth-order valence-electron chi connectivity index (χ4n) is 1.75. The first-order chi connectivity index (χ1) is 8.31. The predicted molar refractivity (Wildman–Crippen MR) is 77.2 cm³/mol. The summed E-state index contributed by atoms with van der Waals surface area (Å²) < 4.78 is 1.21. The van der Waals surface area contributed by atoms with Gasteiger partial charge in [-0.1, -0.05) is 11.8 Å². The Morgan fingerprint density at radius 1 is 1.41 bits per heavy atom. The van der Waals surface area contributed by atoms with Crippen LogP contribution in [0.2, 0.25) is 0 Å². The van der Waals surface area contributed by atoms with Crippen LogP contribution >= 0.6 is 23.1 Å². The summed E-state index contributed by atoms with van der Waals surface area (Å²) in [6.45, 7) is 2.16. The van der Waals surface area contributed by atoms with E-state index < -0.39 is 0 Å². The Hall–Kier alpha value is -1.07. The van der Waals surface area contributed by atoms with Crippen molar-refractivity contribution in [1.82, 2.24) is 4.98 Å². The summed E-state index contributed by atoms with van der Waals surface area (Å²) in [5.41, 5.74) is 4.04. The molecule has 3 rings (SSSR count). The molecule has 5 heteroatoms. The number of thiazole rings is 1. The summed E-state index contributed by atoms with van der Waals surface area (Å²) in [4.78, 5) is 8.88. The van der Waals surface area contributed by atoms with E-state index in [0.717, 1.165) is 22.1 Å². The molecule has 2 heterocycles. The van der Waals surface area contributed by atoms with E-state index >= 15 is 0 Å². The number of thioether (sulfide) groups is 1. The van der Waals surface area contributed by atoms with E-state index in [0.29, 0.717) is 6.04 Å². The average Bonchev–Trinajstić information content (AvgIpc) is 2.76. The van der Waals surface area contributed by atoms with Crippen molar-refractivity contribution in [2.75, 3.05) is 11.1 Å². The van der Waals surface area contributed by atoms with Gasteiger partial charge in [0.25, 0.3) is 0 Å². The molecule has 0 bridgehead atoms. The van der Waals surface area contributed by atoms with Gasteiger partial charge in [-0.3, -0.25) is 4.99 Å². The highest BCUT2D eigenvalue weighted by Gasteiger charge is 2.11. The number of anilines is 1. The Balaban J connectivity index is 1.84. The second-order valence-corrected chi connectivity index (χ2v) is 6.05. The lowest BCUT2D eigenvalue weighted by molar-refractivity contribution is 0.720. The fraction of sp³-hybridized carbons (Fsp3) is 0.333. The number of nitrogens with zero attached hydrogens (tertiary/aromatic N) is 2. The molecular weight excluding hydrogens is 250 g/mol. The van der Waals surface area contributed by atoms with Gasteiger partial charge in [-0.05, 0) is 31.5 Å². The number of amidine groups is 1. The quantitative estimate of drug-likeness (QED) is 0.854. The molecule has 0 amide bonds. The maximum absolute atomic E-state index is 4.60. The fourth-order valence-corrected chi connectivity index (χ4v) is 3.57. The summed E-state index contributed by atoms with van der Waals surface area (Å²) in [5, 5.41) is 4.42.